The van der Waals surface area contributed by atoms with E-state index in [-0.39, 0.29) is 5.75 Å². The summed E-state index contributed by atoms with van der Waals surface area (Å²) < 4.78 is 0. The predicted octanol–water partition coefficient (Wildman–Crippen LogP) is 4.22. The second kappa shape index (κ2) is 4.39. The van der Waals surface area contributed by atoms with Crippen molar-refractivity contribution in [2.45, 2.75) is 13.8 Å². The molecule has 1 heterocycles. The lowest BCUT2D eigenvalue weighted by molar-refractivity contribution is 0.476. The fourth-order valence-corrected chi connectivity index (χ4v) is 2.27. The van der Waals surface area contributed by atoms with Crippen molar-refractivity contribution in [1.82, 2.24) is 4.98 Å². The maximum Gasteiger partial charge on any atom is 0.142 e. The van der Waals surface area contributed by atoms with Crippen LogP contribution < -0.4 is 0 Å². The lowest BCUT2D eigenvalue weighted by atomic mass is 10.1. The molecule has 0 aliphatic heterocycles. The van der Waals surface area contributed by atoms with E-state index in [0.29, 0.717) is 5.69 Å². The Labute approximate surface area is 112 Å². The Morgan fingerprint density at radius 3 is 2.47 bits per heavy atom. The number of aromatic hydroxyl groups is 1. The molecule has 0 atom stereocenters. The summed E-state index contributed by atoms with van der Waals surface area (Å²) in [6.45, 7) is 4.08. The molecule has 2 heteroatoms. The predicted molar refractivity (Wildman–Crippen MR) is 78.3 cm³/mol. The summed E-state index contributed by atoms with van der Waals surface area (Å²) in [5, 5.41) is 11.1. The van der Waals surface area contributed by atoms with E-state index in [4.69, 9.17) is 0 Å². The molecule has 0 spiro atoms. The van der Waals surface area contributed by atoms with Crippen LogP contribution in [0.4, 0.5) is 0 Å². The summed E-state index contributed by atoms with van der Waals surface area (Å²) in [5.74, 6) is 0.224. The zero-order valence-electron chi connectivity index (χ0n) is 11.0. The van der Waals surface area contributed by atoms with E-state index in [1.54, 1.807) is 6.07 Å². The molecule has 0 saturated heterocycles. The second-order valence-corrected chi connectivity index (χ2v) is 4.92. The van der Waals surface area contributed by atoms with Gasteiger partial charge in [0.25, 0.3) is 0 Å². The topological polar surface area (TPSA) is 33.1 Å². The number of nitrogens with zero attached hydrogens (tertiary/aromatic N) is 1. The lowest BCUT2D eigenvalue weighted by Gasteiger charge is -2.07. The molecular formula is C17H15NO. The van der Waals surface area contributed by atoms with E-state index in [2.05, 4.69) is 4.98 Å². The molecule has 0 aliphatic carbocycles. The molecular weight excluding hydrogens is 234 g/mol. The summed E-state index contributed by atoms with van der Waals surface area (Å²) >= 11 is 0. The summed E-state index contributed by atoms with van der Waals surface area (Å²) in [5.41, 5.74) is 4.82. The van der Waals surface area contributed by atoms with Crippen molar-refractivity contribution < 1.29 is 5.11 Å². The zero-order chi connectivity index (χ0) is 13.4. The van der Waals surface area contributed by atoms with E-state index in [1.807, 2.05) is 56.3 Å². The Morgan fingerprint density at radius 1 is 0.895 bits per heavy atom. The average molecular weight is 249 g/mol. The highest BCUT2D eigenvalue weighted by Gasteiger charge is 2.08. The van der Waals surface area contributed by atoms with Crippen molar-refractivity contribution in [3.8, 4) is 17.0 Å². The van der Waals surface area contributed by atoms with E-state index in [0.717, 1.165) is 22.0 Å². The Bertz CT molecular complexity index is 762. The van der Waals surface area contributed by atoms with E-state index < -0.39 is 0 Å². The average Bonchev–Trinajstić information content (AvgIpc) is 2.38. The van der Waals surface area contributed by atoms with Crippen LogP contribution in [0, 0.1) is 13.8 Å². The molecule has 1 N–H and O–H groups in total. The zero-order valence-corrected chi connectivity index (χ0v) is 11.0. The molecule has 0 saturated carbocycles. The number of rotatable bonds is 1. The van der Waals surface area contributed by atoms with Crippen LogP contribution in [0.15, 0.2) is 48.5 Å². The molecule has 0 aliphatic rings. The van der Waals surface area contributed by atoms with Gasteiger partial charge in [-0.1, -0.05) is 35.9 Å². The number of hydrogen-bond donors (Lipinski definition) is 1. The number of pyridine rings is 1. The molecule has 2 nitrogen and oxygen atoms in total. The molecule has 0 amide bonds. The largest absolute Gasteiger partial charge is 0.506 e. The highest BCUT2D eigenvalue weighted by molar-refractivity contribution is 5.85. The molecule has 19 heavy (non-hydrogen) atoms. The van der Waals surface area contributed by atoms with Gasteiger partial charge >= 0.3 is 0 Å². The molecule has 0 bridgehead atoms. The first-order chi connectivity index (χ1) is 9.13. The summed E-state index contributed by atoms with van der Waals surface area (Å²) in [6, 6.07) is 15.8. The maximum absolute atomic E-state index is 10.2. The number of fused-ring (bicyclic) bond motifs is 1. The molecule has 1 aromatic heterocycles. The molecule has 3 aromatic rings. The van der Waals surface area contributed by atoms with Crippen molar-refractivity contribution in [3.05, 3.63) is 59.7 Å². The van der Waals surface area contributed by atoms with Gasteiger partial charge in [0, 0.05) is 10.9 Å². The van der Waals surface area contributed by atoms with Crippen molar-refractivity contribution in [3.63, 3.8) is 0 Å². The first kappa shape index (κ1) is 11.7. The van der Waals surface area contributed by atoms with Crippen molar-refractivity contribution >= 4 is 10.9 Å². The fraction of sp³-hybridized carbons (Fsp3) is 0.118. The van der Waals surface area contributed by atoms with Gasteiger partial charge < -0.3 is 5.11 Å². The third kappa shape index (κ3) is 2.17. The molecule has 0 fully saturated rings. The first-order valence-electron chi connectivity index (χ1n) is 6.31. The Hall–Kier alpha value is -2.35. The summed E-state index contributed by atoms with van der Waals surface area (Å²) in [6.07, 6.45) is 0. The van der Waals surface area contributed by atoms with Gasteiger partial charge in [-0.25, -0.2) is 4.98 Å². The molecule has 0 radical (unpaired) electrons. The minimum Gasteiger partial charge on any atom is -0.506 e. The highest BCUT2D eigenvalue weighted by atomic mass is 16.3. The Balaban J connectivity index is 2.26. The van der Waals surface area contributed by atoms with Gasteiger partial charge in [-0.15, -0.1) is 0 Å². The van der Waals surface area contributed by atoms with Gasteiger partial charge in [-0.3, -0.25) is 0 Å². The normalized spacial score (nSPS) is 10.8. The third-order valence-corrected chi connectivity index (χ3v) is 3.24. The van der Waals surface area contributed by atoms with Gasteiger partial charge in [0.2, 0.25) is 0 Å². The van der Waals surface area contributed by atoms with Gasteiger partial charge in [0.15, 0.2) is 0 Å². The third-order valence-electron chi connectivity index (χ3n) is 3.24. The van der Waals surface area contributed by atoms with Crippen LogP contribution in [0.1, 0.15) is 11.1 Å². The number of hydrogen-bond acceptors (Lipinski definition) is 2. The molecule has 94 valence electrons. The maximum atomic E-state index is 10.2. The van der Waals surface area contributed by atoms with Crippen LogP contribution in [0.2, 0.25) is 0 Å². The smallest absolute Gasteiger partial charge is 0.142 e. The fourth-order valence-electron chi connectivity index (χ4n) is 2.27. The van der Waals surface area contributed by atoms with Gasteiger partial charge in [-0.2, -0.15) is 0 Å². The van der Waals surface area contributed by atoms with Crippen LogP contribution in [-0.2, 0) is 0 Å². The van der Waals surface area contributed by atoms with Crippen LogP contribution in [0.3, 0.4) is 0 Å². The van der Waals surface area contributed by atoms with E-state index in [9.17, 15) is 5.11 Å². The highest BCUT2D eigenvalue weighted by Crippen LogP contribution is 2.31. The van der Waals surface area contributed by atoms with Gasteiger partial charge in [0.1, 0.15) is 11.4 Å². The van der Waals surface area contributed by atoms with Crippen molar-refractivity contribution in [2.75, 3.05) is 0 Å². The standard InChI is InChI=1S/C17H15NO/c1-11-4-3-5-14(8-11)17-16(19)10-13-7-6-12(2)9-15(13)18-17/h3-10,19H,1-2H3. The molecule has 2 aromatic carbocycles. The summed E-state index contributed by atoms with van der Waals surface area (Å²) in [7, 11) is 0. The minimum atomic E-state index is 0.224. The van der Waals surface area contributed by atoms with Crippen LogP contribution >= 0.6 is 0 Å². The van der Waals surface area contributed by atoms with E-state index in [1.165, 1.54) is 5.56 Å². The van der Waals surface area contributed by atoms with Gasteiger partial charge in [-0.05, 0) is 37.6 Å². The van der Waals surface area contributed by atoms with E-state index >= 15 is 0 Å². The molecule has 0 unspecified atom stereocenters. The minimum absolute atomic E-state index is 0.224. The molecule has 3 rings (SSSR count). The first-order valence-corrected chi connectivity index (χ1v) is 6.31. The van der Waals surface area contributed by atoms with Crippen molar-refractivity contribution in [2.24, 2.45) is 0 Å². The van der Waals surface area contributed by atoms with Crippen LogP contribution in [0.5, 0.6) is 5.75 Å². The Morgan fingerprint density at radius 2 is 1.68 bits per heavy atom. The van der Waals surface area contributed by atoms with Crippen LogP contribution in [-0.4, -0.2) is 10.1 Å². The monoisotopic (exact) mass is 249 g/mol. The second-order valence-electron chi connectivity index (χ2n) is 4.92. The SMILES string of the molecule is Cc1cccc(-c2nc3cc(C)ccc3cc2O)c1. The summed E-state index contributed by atoms with van der Waals surface area (Å²) in [4.78, 5) is 4.60. The number of benzene rings is 2. The lowest BCUT2D eigenvalue weighted by Crippen LogP contribution is -1.88. The quantitative estimate of drug-likeness (QED) is 0.700. The van der Waals surface area contributed by atoms with Gasteiger partial charge in [0.05, 0.1) is 5.52 Å². The van der Waals surface area contributed by atoms with Crippen molar-refractivity contribution in [1.29, 1.82) is 0 Å². The Kier molecular flexibility index (Phi) is 2.71. The van der Waals surface area contributed by atoms with Crippen LogP contribution in [0.25, 0.3) is 22.2 Å². The number of aromatic nitrogens is 1. The number of aryl methyl sites for hydroxylation is 2.